The summed E-state index contributed by atoms with van der Waals surface area (Å²) >= 11 is 1.75. The molecule has 1 N–H and O–H groups in total. The zero-order chi connectivity index (χ0) is 15.9. The van der Waals surface area contributed by atoms with Crippen LogP contribution < -0.4 is 4.74 Å². The maximum atomic E-state index is 10.8. The predicted molar refractivity (Wildman–Crippen MR) is 90.2 cm³/mol. The van der Waals surface area contributed by atoms with Crippen molar-refractivity contribution >= 4 is 17.7 Å². The van der Waals surface area contributed by atoms with Crippen LogP contribution in [0.15, 0.2) is 53.4 Å². The molecule has 0 heterocycles. The summed E-state index contributed by atoms with van der Waals surface area (Å²) in [7, 11) is 0. The molecule has 0 aliphatic rings. The van der Waals surface area contributed by atoms with Crippen molar-refractivity contribution in [2.24, 2.45) is 0 Å². The number of benzene rings is 2. The molecule has 0 spiro atoms. The van der Waals surface area contributed by atoms with E-state index in [2.05, 4.69) is 38.1 Å². The van der Waals surface area contributed by atoms with Gasteiger partial charge >= 0.3 is 5.97 Å². The highest BCUT2D eigenvalue weighted by molar-refractivity contribution is 7.99. The second-order valence-electron chi connectivity index (χ2n) is 5.25. The number of aromatic carboxylic acids is 1. The van der Waals surface area contributed by atoms with Crippen LogP contribution in [0.2, 0.25) is 0 Å². The van der Waals surface area contributed by atoms with E-state index in [9.17, 15) is 4.79 Å². The lowest BCUT2D eigenvalue weighted by Crippen LogP contribution is -2.01. The van der Waals surface area contributed by atoms with Crippen LogP contribution in [0.3, 0.4) is 0 Å². The van der Waals surface area contributed by atoms with Gasteiger partial charge in [0.1, 0.15) is 5.75 Å². The van der Waals surface area contributed by atoms with Crippen LogP contribution in [-0.2, 0) is 0 Å². The van der Waals surface area contributed by atoms with Gasteiger partial charge in [0.2, 0.25) is 0 Å². The Morgan fingerprint density at radius 3 is 2.27 bits per heavy atom. The number of rotatable bonds is 7. The predicted octanol–water partition coefficient (Wildman–Crippen LogP) is 4.68. The van der Waals surface area contributed by atoms with Gasteiger partial charge in [0.15, 0.2) is 0 Å². The Kier molecular flexibility index (Phi) is 5.90. The quantitative estimate of drug-likeness (QED) is 0.595. The van der Waals surface area contributed by atoms with Gasteiger partial charge in [-0.15, -0.1) is 11.8 Å². The maximum Gasteiger partial charge on any atom is 0.335 e. The summed E-state index contributed by atoms with van der Waals surface area (Å²) in [6.45, 7) is 4.96. The van der Waals surface area contributed by atoms with Crippen LogP contribution in [-0.4, -0.2) is 23.4 Å². The molecular weight excluding hydrogens is 296 g/mol. The van der Waals surface area contributed by atoms with E-state index in [0.29, 0.717) is 18.3 Å². The van der Waals surface area contributed by atoms with Gasteiger partial charge in [0, 0.05) is 10.6 Å². The first kappa shape index (κ1) is 16.4. The Hall–Kier alpha value is -1.94. The fourth-order valence-electron chi connectivity index (χ4n) is 1.96. The molecule has 4 heteroatoms. The molecule has 0 atom stereocenters. The topological polar surface area (TPSA) is 46.5 Å². The van der Waals surface area contributed by atoms with Crippen LogP contribution in [0.5, 0.6) is 5.75 Å². The fraction of sp³-hybridized carbons (Fsp3) is 0.278. The van der Waals surface area contributed by atoms with Crippen molar-refractivity contribution in [3.05, 3.63) is 59.7 Å². The fourth-order valence-corrected chi connectivity index (χ4v) is 2.69. The van der Waals surface area contributed by atoms with E-state index >= 15 is 0 Å². The second kappa shape index (κ2) is 7.90. The van der Waals surface area contributed by atoms with Gasteiger partial charge in [-0.2, -0.15) is 0 Å². The number of ether oxygens (including phenoxy) is 1. The first-order valence-corrected chi connectivity index (χ1v) is 8.24. The third-order valence-corrected chi connectivity index (χ3v) is 4.25. The van der Waals surface area contributed by atoms with Gasteiger partial charge in [0.05, 0.1) is 12.2 Å². The van der Waals surface area contributed by atoms with Gasteiger partial charge in [-0.3, -0.25) is 0 Å². The number of hydrogen-bond donors (Lipinski definition) is 1. The van der Waals surface area contributed by atoms with E-state index in [0.717, 1.165) is 5.75 Å². The van der Waals surface area contributed by atoms with Crippen LogP contribution in [0.1, 0.15) is 35.7 Å². The van der Waals surface area contributed by atoms with E-state index in [-0.39, 0.29) is 5.56 Å². The van der Waals surface area contributed by atoms with Crippen LogP contribution in [0, 0.1) is 0 Å². The number of carboxylic acid groups (broad SMARTS) is 1. The summed E-state index contributed by atoms with van der Waals surface area (Å²) < 4.78 is 5.61. The molecular formula is C18H20O3S. The number of carbonyl (C=O) groups is 1. The monoisotopic (exact) mass is 316 g/mol. The summed E-state index contributed by atoms with van der Waals surface area (Å²) in [5, 5.41) is 8.83. The van der Waals surface area contributed by atoms with Crippen molar-refractivity contribution in [2.45, 2.75) is 24.7 Å². The molecule has 2 aromatic carbocycles. The Bertz CT molecular complexity index is 603. The van der Waals surface area contributed by atoms with Gasteiger partial charge in [0.25, 0.3) is 0 Å². The van der Waals surface area contributed by atoms with Crippen LogP contribution >= 0.6 is 11.8 Å². The van der Waals surface area contributed by atoms with E-state index < -0.39 is 5.97 Å². The highest BCUT2D eigenvalue weighted by Gasteiger charge is 2.02. The summed E-state index contributed by atoms with van der Waals surface area (Å²) in [5.74, 6) is 1.17. The summed E-state index contributed by atoms with van der Waals surface area (Å²) in [5.41, 5.74) is 1.62. The molecule has 0 radical (unpaired) electrons. The van der Waals surface area contributed by atoms with Gasteiger partial charge in [-0.25, -0.2) is 4.79 Å². The molecule has 0 aliphatic heterocycles. The Balaban J connectivity index is 1.75. The lowest BCUT2D eigenvalue weighted by molar-refractivity contribution is 0.0697. The maximum absolute atomic E-state index is 10.8. The molecule has 22 heavy (non-hydrogen) atoms. The molecule has 116 valence electrons. The summed E-state index contributed by atoms with van der Waals surface area (Å²) in [4.78, 5) is 12.0. The molecule has 0 fully saturated rings. The molecule has 0 aliphatic carbocycles. The highest BCUT2D eigenvalue weighted by Crippen LogP contribution is 2.22. The number of hydrogen-bond acceptors (Lipinski definition) is 3. The minimum atomic E-state index is -0.924. The van der Waals surface area contributed by atoms with Crippen molar-refractivity contribution in [3.63, 3.8) is 0 Å². The average Bonchev–Trinajstić information content (AvgIpc) is 2.52. The van der Waals surface area contributed by atoms with Gasteiger partial charge < -0.3 is 9.84 Å². The highest BCUT2D eigenvalue weighted by atomic mass is 32.2. The Morgan fingerprint density at radius 1 is 1.09 bits per heavy atom. The van der Waals surface area contributed by atoms with Crippen LogP contribution in [0.4, 0.5) is 0 Å². The molecule has 0 amide bonds. The first-order valence-electron chi connectivity index (χ1n) is 7.25. The third kappa shape index (κ3) is 4.81. The Morgan fingerprint density at radius 2 is 1.73 bits per heavy atom. The molecule has 0 bridgehead atoms. The summed E-state index contributed by atoms with van der Waals surface area (Å²) in [6.07, 6.45) is 0. The first-order chi connectivity index (χ1) is 10.6. The minimum absolute atomic E-state index is 0.270. The van der Waals surface area contributed by atoms with Gasteiger partial charge in [-0.05, 0) is 47.9 Å². The zero-order valence-corrected chi connectivity index (χ0v) is 13.6. The van der Waals surface area contributed by atoms with E-state index in [4.69, 9.17) is 9.84 Å². The standard InChI is InChI=1S/C18H20O3S/c1-13(2)14-5-9-17(10-6-14)22-12-11-21-16-7-3-15(4-8-16)18(19)20/h3-10,13H,11-12H2,1-2H3,(H,19,20). The Labute approximate surface area is 135 Å². The average molecular weight is 316 g/mol. The van der Waals surface area contributed by atoms with Crippen molar-refractivity contribution in [1.82, 2.24) is 0 Å². The minimum Gasteiger partial charge on any atom is -0.493 e. The lowest BCUT2D eigenvalue weighted by atomic mass is 10.0. The molecule has 0 unspecified atom stereocenters. The van der Waals surface area contributed by atoms with Gasteiger partial charge in [-0.1, -0.05) is 26.0 Å². The van der Waals surface area contributed by atoms with Crippen LogP contribution in [0.25, 0.3) is 0 Å². The molecule has 0 saturated carbocycles. The van der Waals surface area contributed by atoms with E-state index in [1.54, 1.807) is 36.0 Å². The third-order valence-electron chi connectivity index (χ3n) is 3.27. The normalized spacial score (nSPS) is 10.7. The molecule has 2 aromatic rings. The van der Waals surface area contributed by atoms with E-state index in [1.165, 1.54) is 10.5 Å². The van der Waals surface area contributed by atoms with Crippen molar-refractivity contribution < 1.29 is 14.6 Å². The molecule has 0 saturated heterocycles. The largest absolute Gasteiger partial charge is 0.493 e. The van der Waals surface area contributed by atoms with Crippen molar-refractivity contribution in [1.29, 1.82) is 0 Å². The number of thioether (sulfide) groups is 1. The number of carboxylic acids is 1. The summed E-state index contributed by atoms with van der Waals surface area (Å²) in [6, 6.07) is 15.1. The lowest BCUT2D eigenvalue weighted by Gasteiger charge is -2.08. The smallest absolute Gasteiger partial charge is 0.335 e. The second-order valence-corrected chi connectivity index (χ2v) is 6.42. The van der Waals surface area contributed by atoms with E-state index in [1.807, 2.05) is 0 Å². The molecule has 3 nitrogen and oxygen atoms in total. The molecule has 0 aromatic heterocycles. The zero-order valence-electron chi connectivity index (χ0n) is 12.8. The SMILES string of the molecule is CC(C)c1ccc(SCCOc2ccc(C(=O)O)cc2)cc1. The van der Waals surface area contributed by atoms with Crippen molar-refractivity contribution in [2.75, 3.05) is 12.4 Å². The van der Waals surface area contributed by atoms with Crippen molar-refractivity contribution in [3.8, 4) is 5.75 Å². The molecule has 2 rings (SSSR count).